The number of rotatable bonds is 4. The predicted octanol–water partition coefficient (Wildman–Crippen LogP) is 4.60. The molecule has 3 nitrogen and oxygen atoms in total. The van der Waals surface area contributed by atoms with Crippen LogP contribution in [0.4, 0.5) is 0 Å². The highest BCUT2D eigenvalue weighted by Crippen LogP contribution is 2.35. The maximum absolute atomic E-state index is 6.23. The summed E-state index contributed by atoms with van der Waals surface area (Å²) in [5, 5.41) is 0.522. The van der Waals surface area contributed by atoms with Gasteiger partial charge < -0.3 is 4.74 Å². The van der Waals surface area contributed by atoms with Crippen LogP contribution in [0.25, 0.3) is 11.4 Å². The molecule has 0 bridgehead atoms. The van der Waals surface area contributed by atoms with Crippen LogP contribution in [-0.2, 0) is 11.3 Å². The second-order valence-corrected chi connectivity index (χ2v) is 5.90. The Morgan fingerprint density at radius 3 is 2.71 bits per heavy atom. The van der Waals surface area contributed by atoms with E-state index in [1.54, 1.807) is 7.11 Å². The van der Waals surface area contributed by atoms with Gasteiger partial charge in [0.15, 0.2) is 5.82 Å². The Morgan fingerprint density at radius 2 is 1.95 bits per heavy atom. The van der Waals surface area contributed by atoms with Crippen molar-refractivity contribution >= 4 is 11.6 Å². The van der Waals surface area contributed by atoms with E-state index >= 15 is 0 Å². The summed E-state index contributed by atoms with van der Waals surface area (Å²) in [6.45, 7) is 0.546. The van der Waals surface area contributed by atoms with Gasteiger partial charge in [-0.25, -0.2) is 9.97 Å². The average molecular weight is 303 g/mol. The lowest BCUT2D eigenvalue weighted by molar-refractivity contribution is 0.185. The normalized spacial score (nSPS) is 15.5. The van der Waals surface area contributed by atoms with Crippen LogP contribution in [0.15, 0.2) is 30.3 Å². The molecule has 0 aliphatic heterocycles. The van der Waals surface area contributed by atoms with Gasteiger partial charge in [0.05, 0.1) is 6.61 Å². The summed E-state index contributed by atoms with van der Waals surface area (Å²) < 4.78 is 5.26. The molecule has 1 aromatic heterocycles. The zero-order valence-electron chi connectivity index (χ0n) is 12.2. The summed E-state index contributed by atoms with van der Waals surface area (Å²) in [4.78, 5) is 9.19. The van der Waals surface area contributed by atoms with E-state index in [1.807, 2.05) is 30.3 Å². The van der Waals surface area contributed by atoms with Gasteiger partial charge in [-0.3, -0.25) is 0 Å². The highest BCUT2D eigenvalue weighted by atomic mass is 35.5. The van der Waals surface area contributed by atoms with Gasteiger partial charge in [0.2, 0.25) is 0 Å². The Balaban J connectivity index is 2.02. The lowest BCUT2D eigenvalue weighted by Crippen LogP contribution is -2.02. The van der Waals surface area contributed by atoms with Gasteiger partial charge in [-0.05, 0) is 24.5 Å². The Kier molecular flexibility index (Phi) is 4.51. The number of hydrogen-bond acceptors (Lipinski definition) is 3. The third kappa shape index (κ3) is 3.25. The van der Waals surface area contributed by atoms with Crippen molar-refractivity contribution in [2.45, 2.75) is 38.2 Å². The number of halogens is 1. The lowest BCUT2D eigenvalue weighted by Gasteiger charge is -2.12. The quantitative estimate of drug-likeness (QED) is 0.774. The largest absolute Gasteiger partial charge is 0.380 e. The van der Waals surface area contributed by atoms with Crippen LogP contribution in [0.1, 0.15) is 42.9 Å². The molecule has 0 amide bonds. The molecular weight excluding hydrogens is 284 g/mol. The standard InChI is InChI=1S/C17H19ClN2O/c1-21-11-13-8-4-5-9-14(13)17-19-15(10-16(18)20-17)12-6-2-3-7-12/h4-5,8-10,12H,2-3,6-7,11H2,1H3. The zero-order valence-corrected chi connectivity index (χ0v) is 12.9. The molecule has 1 saturated carbocycles. The van der Waals surface area contributed by atoms with Gasteiger partial charge in [0.25, 0.3) is 0 Å². The third-order valence-electron chi connectivity index (χ3n) is 4.05. The van der Waals surface area contributed by atoms with Crippen LogP contribution < -0.4 is 0 Å². The van der Waals surface area contributed by atoms with Crippen molar-refractivity contribution in [1.29, 1.82) is 0 Å². The molecule has 1 aromatic carbocycles. The molecule has 0 N–H and O–H groups in total. The molecule has 1 fully saturated rings. The molecule has 4 heteroatoms. The smallest absolute Gasteiger partial charge is 0.161 e. The number of benzene rings is 1. The van der Waals surface area contributed by atoms with Crippen molar-refractivity contribution in [2.75, 3.05) is 7.11 Å². The van der Waals surface area contributed by atoms with Crippen molar-refractivity contribution in [2.24, 2.45) is 0 Å². The number of aromatic nitrogens is 2. The van der Waals surface area contributed by atoms with Crippen LogP contribution in [0.3, 0.4) is 0 Å². The monoisotopic (exact) mass is 302 g/mol. The molecule has 110 valence electrons. The van der Waals surface area contributed by atoms with E-state index in [-0.39, 0.29) is 0 Å². The first-order chi connectivity index (χ1) is 10.3. The summed E-state index contributed by atoms with van der Waals surface area (Å²) >= 11 is 6.23. The van der Waals surface area contributed by atoms with Crippen molar-refractivity contribution in [3.63, 3.8) is 0 Å². The molecule has 0 saturated heterocycles. The summed E-state index contributed by atoms with van der Waals surface area (Å²) in [7, 11) is 1.69. The molecule has 1 aliphatic rings. The van der Waals surface area contributed by atoms with E-state index in [4.69, 9.17) is 21.3 Å². The second kappa shape index (κ2) is 6.54. The Hall–Kier alpha value is -1.45. The minimum Gasteiger partial charge on any atom is -0.380 e. The van der Waals surface area contributed by atoms with E-state index in [1.165, 1.54) is 25.7 Å². The molecule has 3 rings (SSSR count). The van der Waals surface area contributed by atoms with Crippen molar-refractivity contribution in [3.05, 3.63) is 46.7 Å². The Bertz CT molecular complexity index is 624. The molecule has 1 heterocycles. The van der Waals surface area contributed by atoms with E-state index in [9.17, 15) is 0 Å². The van der Waals surface area contributed by atoms with E-state index in [0.717, 1.165) is 16.8 Å². The van der Waals surface area contributed by atoms with Crippen molar-refractivity contribution in [3.8, 4) is 11.4 Å². The van der Waals surface area contributed by atoms with Gasteiger partial charge in [0, 0.05) is 24.3 Å². The van der Waals surface area contributed by atoms with E-state index < -0.39 is 0 Å². The molecule has 0 unspecified atom stereocenters. The molecule has 0 radical (unpaired) electrons. The third-order valence-corrected chi connectivity index (χ3v) is 4.24. The molecule has 2 aromatic rings. The van der Waals surface area contributed by atoms with E-state index in [2.05, 4.69) is 4.98 Å². The molecule has 0 atom stereocenters. The Morgan fingerprint density at radius 1 is 1.19 bits per heavy atom. The van der Waals surface area contributed by atoms with Crippen LogP contribution >= 0.6 is 11.6 Å². The zero-order chi connectivity index (χ0) is 14.7. The maximum atomic E-state index is 6.23. The topological polar surface area (TPSA) is 35.0 Å². The summed E-state index contributed by atoms with van der Waals surface area (Å²) in [6, 6.07) is 9.98. The van der Waals surface area contributed by atoms with Gasteiger partial charge in [-0.2, -0.15) is 0 Å². The number of hydrogen-bond donors (Lipinski definition) is 0. The summed E-state index contributed by atoms with van der Waals surface area (Å²) in [5.74, 6) is 1.23. The van der Waals surface area contributed by atoms with Crippen LogP contribution in [-0.4, -0.2) is 17.1 Å². The first-order valence-electron chi connectivity index (χ1n) is 7.39. The minimum absolute atomic E-state index is 0.522. The molecule has 1 aliphatic carbocycles. The fourth-order valence-electron chi connectivity index (χ4n) is 3.01. The number of ether oxygens (including phenoxy) is 1. The average Bonchev–Trinajstić information content (AvgIpc) is 3.02. The molecular formula is C17H19ClN2O. The SMILES string of the molecule is COCc1ccccc1-c1nc(Cl)cc(C2CCCC2)n1. The van der Waals surface area contributed by atoms with Gasteiger partial charge in [-0.15, -0.1) is 0 Å². The minimum atomic E-state index is 0.522. The molecule has 0 spiro atoms. The van der Waals surface area contributed by atoms with Crippen LogP contribution in [0, 0.1) is 0 Å². The van der Waals surface area contributed by atoms with Gasteiger partial charge in [0.1, 0.15) is 5.15 Å². The molecule has 21 heavy (non-hydrogen) atoms. The first-order valence-corrected chi connectivity index (χ1v) is 7.77. The fraction of sp³-hybridized carbons (Fsp3) is 0.412. The van der Waals surface area contributed by atoms with Crippen LogP contribution in [0.2, 0.25) is 5.15 Å². The highest BCUT2D eigenvalue weighted by Gasteiger charge is 2.20. The number of methoxy groups -OCH3 is 1. The van der Waals surface area contributed by atoms with Crippen molar-refractivity contribution < 1.29 is 4.74 Å². The lowest BCUT2D eigenvalue weighted by atomic mass is 10.0. The number of nitrogens with zero attached hydrogens (tertiary/aromatic N) is 2. The summed E-state index contributed by atoms with van der Waals surface area (Å²) in [5.41, 5.74) is 3.16. The summed E-state index contributed by atoms with van der Waals surface area (Å²) in [6.07, 6.45) is 4.96. The van der Waals surface area contributed by atoms with Crippen LogP contribution in [0.5, 0.6) is 0 Å². The first kappa shape index (κ1) is 14.5. The Labute approximate surface area is 130 Å². The predicted molar refractivity (Wildman–Crippen MR) is 84.4 cm³/mol. The van der Waals surface area contributed by atoms with Gasteiger partial charge >= 0.3 is 0 Å². The van der Waals surface area contributed by atoms with Gasteiger partial charge in [-0.1, -0.05) is 48.7 Å². The van der Waals surface area contributed by atoms with E-state index in [0.29, 0.717) is 23.5 Å². The second-order valence-electron chi connectivity index (χ2n) is 5.51. The maximum Gasteiger partial charge on any atom is 0.161 e. The highest BCUT2D eigenvalue weighted by molar-refractivity contribution is 6.29. The van der Waals surface area contributed by atoms with Crippen molar-refractivity contribution in [1.82, 2.24) is 9.97 Å². The fourth-order valence-corrected chi connectivity index (χ4v) is 3.20.